The van der Waals surface area contributed by atoms with E-state index in [2.05, 4.69) is 17.1 Å². The van der Waals surface area contributed by atoms with Gasteiger partial charge in [0.25, 0.3) is 0 Å². The van der Waals surface area contributed by atoms with Crippen molar-refractivity contribution in [2.75, 3.05) is 6.61 Å². The highest BCUT2D eigenvalue weighted by Crippen LogP contribution is 2.17. The maximum absolute atomic E-state index is 10.6. The summed E-state index contributed by atoms with van der Waals surface area (Å²) >= 11 is 0. The third-order valence-electron chi connectivity index (χ3n) is 1.92. The Labute approximate surface area is 82.1 Å². The number of aromatic nitrogens is 2. The van der Waals surface area contributed by atoms with Gasteiger partial charge in [0.2, 0.25) is 5.88 Å². The first-order valence-corrected chi connectivity index (χ1v) is 4.57. The van der Waals surface area contributed by atoms with Gasteiger partial charge in [0.05, 0.1) is 6.61 Å². The minimum absolute atomic E-state index is 0.0940. The fourth-order valence-corrected chi connectivity index (χ4v) is 1.04. The monoisotopic (exact) mass is 198 g/mol. The van der Waals surface area contributed by atoms with Gasteiger partial charge in [-0.3, -0.25) is 5.10 Å². The van der Waals surface area contributed by atoms with Crippen molar-refractivity contribution in [1.82, 2.24) is 10.2 Å². The van der Waals surface area contributed by atoms with Crippen molar-refractivity contribution in [1.29, 1.82) is 0 Å². The summed E-state index contributed by atoms with van der Waals surface area (Å²) < 4.78 is 5.30. The van der Waals surface area contributed by atoms with Gasteiger partial charge >= 0.3 is 5.97 Å². The van der Waals surface area contributed by atoms with E-state index in [4.69, 9.17) is 9.84 Å². The van der Waals surface area contributed by atoms with Gasteiger partial charge in [-0.2, -0.15) is 0 Å². The molecule has 1 aromatic heterocycles. The summed E-state index contributed by atoms with van der Waals surface area (Å²) in [6.07, 6.45) is 1.98. The van der Waals surface area contributed by atoms with Gasteiger partial charge in [-0.05, 0) is 13.3 Å². The number of ether oxygens (including phenoxy) is 1. The second-order valence-electron chi connectivity index (χ2n) is 3.04. The summed E-state index contributed by atoms with van der Waals surface area (Å²) in [7, 11) is 0. The molecule has 0 aromatic carbocycles. The number of hydrogen-bond acceptors (Lipinski definition) is 3. The van der Waals surface area contributed by atoms with Crippen LogP contribution in [-0.4, -0.2) is 27.9 Å². The summed E-state index contributed by atoms with van der Waals surface area (Å²) in [5.41, 5.74) is 0.644. The van der Waals surface area contributed by atoms with E-state index < -0.39 is 5.97 Å². The average molecular weight is 198 g/mol. The molecule has 1 aromatic rings. The van der Waals surface area contributed by atoms with Crippen LogP contribution in [0.5, 0.6) is 5.88 Å². The SMILES string of the molecule is CCCCOc1n[nH]c(C(=O)O)c1C. The topological polar surface area (TPSA) is 75.2 Å². The van der Waals surface area contributed by atoms with Crippen LogP contribution >= 0.6 is 0 Å². The number of carboxylic acid groups (broad SMARTS) is 1. The second kappa shape index (κ2) is 4.64. The molecular weight excluding hydrogens is 184 g/mol. The molecule has 0 aliphatic rings. The zero-order chi connectivity index (χ0) is 10.6. The number of rotatable bonds is 5. The molecule has 78 valence electrons. The molecule has 2 N–H and O–H groups in total. The predicted octanol–water partition coefficient (Wildman–Crippen LogP) is 1.60. The standard InChI is InChI=1S/C9H14N2O3/c1-3-4-5-14-8-6(2)7(9(12)13)10-11-8/h3-5H2,1-2H3,(H,10,11)(H,12,13). The van der Waals surface area contributed by atoms with Crippen LogP contribution in [0.4, 0.5) is 0 Å². The molecule has 0 radical (unpaired) electrons. The van der Waals surface area contributed by atoms with E-state index in [0.29, 0.717) is 18.1 Å². The number of unbranched alkanes of at least 4 members (excludes halogenated alkanes) is 1. The molecule has 0 amide bonds. The third kappa shape index (κ3) is 2.25. The van der Waals surface area contributed by atoms with E-state index in [-0.39, 0.29) is 5.69 Å². The zero-order valence-corrected chi connectivity index (χ0v) is 8.33. The van der Waals surface area contributed by atoms with Crippen molar-refractivity contribution in [2.45, 2.75) is 26.7 Å². The molecule has 5 heteroatoms. The number of hydrogen-bond donors (Lipinski definition) is 2. The lowest BCUT2D eigenvalue weighted by molar-refractivity contribution is 0.0689. The summed E-state index contributed by atoms with van der Waals surface area (Å²) in [6, 6.07) is 0. The molecule has 0 fully saturated rings. The molecule has 1 rings (SSSR count). The van der Waals surface area contributed by atoms with Crippen LogP contribution in [0.25, 0.3) is 0 Å². The van der Waals surface area contributed by atoms with Gasteiger partial charge in [-0.1, -0.05) is 13.3 Å². The highest BCUT2D eigenvalue weighted by atomic mass is 16.5. The van der Waals surface area contributed by atoms with Gasteiger partial charge in [0.15, 0.2) is 0 Å². The normalized spacial score (nSPS) is 10.1. The van der Waals surface area contributed by atoms with Crippen LogP contribution in [0.2, 0.25) is 0 Å². The smallest absolute Gasteiger partial charge is 0.354 e. The fourth-order valence-electron chi connectivity index (χ4n) is 1.04. The zero-order valence-electron chi connectivity index (χ0n) is 8.33. The van der Waals surface area contributed by atoms with Gasteiger partial charge in [-0.15, -0.1) is 5.10 Å². The fraction of sp³-hybridized carbons (Fsp3) is 0.556. The van der Waals surface area contributed by atoms with Crippen LogP contribution in [0.1, 0.15) is 35.8 Å². The number of carbonyl (C=O) groups is 1. The highest BCUT2D eigenvalue weighted by Gasteiger charge is 2.15. The molecule has 0 aliphatic heterocycles. The molecule has 5 nitrogen and oxygen atoms in total. The van der Waals surface area contributed by atoms with E-state index in [9.17, 15) is 4.79 Å². The van der Waals surface area contributed by atoms with Crippen molar-refractivity contribution >= 4 is 5.97 Å². The van der Waals surface area contributed by atoms with Crippen molar-refractivity contribution in [3.63, 3.8) is 0 Å². The first-order valence-electron chi connectivity index (χ1n) is 4.57. The molecule has 1 heterocycles. The number of H-pyrrole nitrogens is 1. The van der Waals surface area contributed by atoms with E-state index in [0.717, 1.165) is 12.8 Å². The maximum Gasteiger partial charge on any atom is 0.354 e. The van der Waals surface area contributed by atoms with Crippen LogP contribution in [-0.2, 0) is 0 Å². The quantitative estimate of drug-likeness (QED) is 0.704. The Morgan fingerprint density at radius 2 is 2.36 bits per heavy atom. The lowest BCUT2D eigenvalue weighted by Crippen LogP contribution is -2.00. The number of aromatic amines is 1. The number of aromatic carboxylic acids is 1. The number of nitrogens with one attached hydrogen (secondary N) is 1. The van der Waals surface area contributed by atoms with Gasteiger partial charge < -0.3 is 9.84 Å². The molecular formula is C9H14N2O3. The summed E-state index contributed by atoms with van der Waals surface area (Å²) in [4.78, 5) is 10.6. The molecule has 0 saturated heterocycles. The Morgan fingerprint density at radius 3 is 2.86 bits per heavy atom. The van der Waals surface area contributed by atoms with E-state index in [1.807, 2.05) is 0 Å². The number of nitrogens with zero attached hydrogens (tertiary/aromatic N) is 1. The van der Waals surface area contributed by atoms with Crippen molar-refractivity contribution < 1.29 is 14.6 Å². The molecule has 0 aliphatic carbocycles. The molecule has 14 heavy (non-hydrogen) atoms. The van der Waals surface area contributed by atoms with Crippen molar-refractivity contribution in [3.05, 3.63) is 11.3 Å². The highest BCUT2D eigenvalue weighted by molar-refractivity contribution is 5.87. The Morgan fingerprint density at radius 1 is 1.64 bits per heavy atom. The Balaban J connectivity index is 2.65. The van der Waals surface area contributed by atoms with Crippen LogP contribution < -0.4 is 4.74 Å². The largest absolute Gasteiger partial charge is 0.477 e. The van der Waals surface area contributed by atoms with Gasteiger partial charge in [0.1, 0.15) is 5.69 Å². The first-order chi connectivity index (χ1) is 6.66. The average Bonchev–Trinajstić information content (AvgIpc) is 2.48. The number of carboxylic acids is 1. The summed E-state index contributed by atoms with van der Waals surface area (Å²) in [6.45, 7) is 4.30. The molecule has 0 saturated carbocycles. The third-order valence-corrected chi connectivity index (χ3v) is 1.92. The summed E-state index contributed by atoms with van der Waals surface area (Å²) in [5, 5.41) is 14.9. The molecule has 0 spiro atoms. The molecule has 0 unspecified atom stereocenters. The van der Waals surface area contributed by atoms with Crippen molar-refractivity contribution in [3.8, 4) is 5.88 Å². The minimum atomic E-state index is -1.01. The van der Waals surface area contributed by atoms with Crippen LogP contribution in [0.3, 0.4) is 0 Å². The van der Waals surface area contributed by atoms with E-state index in [1.165, 1.54) is 0 Å². The molecule has 0 atom stereocenters. The Hall–Kier alpha value is -1.52. The lowest BCUT2D eigenvalue weighted by Gasteiger charge is -2.01. The van der Waals surface area contributed by atoms with Gasteiger partial charge in [-0.25, -0.2) is 4.79 Å². The first kappa shape index (κ1) is 10.6. The van der Waals surface area contributed by atoms with Crippen LogP contribution in [0.15, 0.2) is 0 Å². The van der Waals surface area contributed by atoms with E-state index in [1.54, 1.807) is 6.92 Å². The van der Waals surface area contributed by atoms with E-state index >= 15 is 0 Å². The summed E-state index contributed by atoms with van der Waals surface area (Å²) in [5.74, 6) is -0.629. The molecule has 0 bridgehead atoms. The maximum atomic E-state index is 10.6. The Bertz CT molecular complexity index is 320. The minimum Gasteiger partial charge on any atom is -0.477 e. The van der Waals surface area contributed by atoms with Crippen LogP contribution in [0, 0.1) is 6.92 Å². The predicted molar refractivity (Wildman–Crippen MR) is 50.7 cm³/mol. The van der Waals surface area contributed by atoms with Crippen molar-refractivity contribution in [2.24, 2.45) is 0 Å². The Kier molecular flexibility index (Phi) is 3.50. The second-order valence-corrected chi connectivity index (χ2v) is 3.04. The van der Waals surface area contributed by atoms with Gasteiger partial charge in [0, 0.05) is 5.56 Å². The lowest BCUT2D eigenvalue weighted by atomic mass is 10.3.